The number of nitrogens with one attached hydrogen (secondary N) is 1. The molecule has 156 valence electrons. The van der Waals surface area contributed by atoms with Crippen molar-refractivity contribution in [1.29, 1.82) is 0 Å². The van der Waals surface area contributed by atoms with Crippen LogP contribution in [0.15, 0.2) is 40.7 Å². The number of hydrogen-bond donors (Lipinski definition) is 1. The van der Waals surface area contributed by atoms with Gasteiger partial charge in [-0.1, -0.05) is 41.3 Å². The number of para-hydroxylation sites is 1. The first-order valence-electron chi connectivity index (χ1n) is 10.0. The zero-order chi connectivity index (χ0) is 20.3. The number of amides is 1. The summed E-state index contributed by atoms with van der Waals surface area (Å²) in [6, 6.07) is 11.9. The fourth-order valence-electron chi connectivity index (χ4n) is 3.28. The molecule has 3 heterocycles. The third kappa shape index (κ3) is 4.50. The third-order valence-corrected chi connectivity index (χ3v) is 7.11. The second kappa shape index (κ2) is 8.75. The van der Waals surface area contributed by atoms with E-state index in [1.807, 2.05) is 41.1 Å². The summed E-state index contributed by atoms with van der Waals surface area (Å²) < 4.78 is 7.99. The molecule has 0 spiro atoms. The second-order valence-electron chi connectivity index (χ2n) is 7.26. The fourth-order valence-corrected chi connectivity index (χ4v) is 4.98. The van der Waals surface area contributed by atoms with Gasteiger partial charge in [-0.15, -0.1) is 10.2 Å². The zero-order valence-electron chi connectivity index (χ0n) is 16.4. The van der Waals surface area contributed by atoms with Gasteiger partial charge in [-0.05, 0) is 25.0 Å². The Morgan fingerprint density at radius 1 is 1.20 bits per heavy atom. The summed E-state index contributed by atoms with van der Waals surface area (Å²) in [7, 11) is 0. The minimum absolute atomic E-state index is 0.0810. The molecule has 8 nitrogen and oxygen atoms in total. The number of aromatic nitrogens is 4. The van der Waals surface area contributed by atoms with E-state index in [9.17, 15) is 4.79 Å². The van der Waals surface area contributed by atoms with Crippen molar-refractivity contribution in [3.8, 4) is 5.69 Å². The number of morpholine rings is 1. The molecule has 10 heteroatoms. The van der Waals surface area contributed by atoms with E-state index in [0.29, 0.717) is 24.9 Å². The molecule has 2 aliphatic rings. The van der Waals surface area contributed by atoms with E-state index < -0.39 is 0 Å². The molecule has 0 radical (unpaired) electrons. The van der Waals surface area contributed by atoms with Crippen molar-refractivity contribution in [2.75, 3.05) is 42.3 Å². The minimum atomic E-state index is -0.0810. The first-order chi connectivity index (χ1) is 14.8. The van der Waals surface area contributed by atoms with Gasteiger partial charge in [0, 0.05) is 25.1 Å². The van der Waals surface area contributed by atoms with Crippen LogP contribution in [0.4, 0.5) is 10.9 Å². The first-order valence-corrected chi connectivity index (χ1v) is 11.8. The molecule has 3 aromatic rings. The Morgan fingerprint density at radius 3 is 2.77 bits per heavy atom. The van der Waals surface area contributed by atoms with Crippen molar-refractivity contribution in [1.82, 2.24) is 20.0 Å². The number of anilines is 2. The molecule has 2 aromatic heterocycles. The molecule has 2 fully saturated rings. The number of rotatable bonds is 7. The van der Waals surface area contributed by atoms with Crippen LogP contribution in [0.1, 0.15) is 24.5 Å². The number of carbonyl (C=O) groups is 1. The summed E-state index contributed by atoms with van der Waals surface area (Å²) in [5.41, 5.74) is 1.98. The molecule has 1 saturated carbocycles. The maximum atomic E-state index is 12.6. The lowest BCUT2D eigenvalue weighted by Gasteiger charge is -2.25. The minimum Gasteiger partial charge on any atom is -0.378 e. The molecule has 1 amide bonds. The highest BCUT2D eigenvalue weighted by Crippen LogP contribution is 2.40. The topological polar surface area (TPSA) is 85.2 Å². The van der Waals surface area contributed by atoms with Crippen molar-refractivity contribution in [2.45, 2.75) is 23.1 Å². The van der Waals surface area contributed by atoms with E-state index in [1.54, 1.807) is 0 Å². The Kier molecular flexibility index (Phi) is 5.69. The van der Waals surface area contributed by atoms with Crippen LogP contribution in [0.5, 0.6) is 0 Å². The molecule has 5 rings (SSSR count). The maximum absolute atomic E-state index is 12.6. The van der Waals surface area contributed by atoms with Crippen LogP contribution in [0.3, 0.4) is 0 Å². The molecule has 1 saturated heterocycles. The Labute approximate surface area is 182 Å². The highest BCUT2D eigenvalue weighted by molar-refractivity contribution is 8.01. The molecule has 1 aromatic carbocycles. The quantitative estimate of drug-likeness (QED) is 0.563. The van der Waals surface area contributed by atoms with Crippen molar-refractivity contribution >= 4 is 40.0 Å². The number of hydrogen-bond acceptors (Lipinski definition) is 8. The molecular weight excluding hydrogens is 420 g/mol. The first kappa shape index (κ1) is 19.5. The fraction of sp³-hybridized carbons (Fsp3) is 0.400. The summed E-state index contributed by atoms with van der Waals surface area (Å²) in [6.07, 6.45) is 2.33. The normalized spacial score (nSPS) is 16.6. The van der Waals surface area contributed by atoms with E-state index in [4.69, 9.17) is 9.84 Å². The molecule has 0 unspecified atom stereocenters. The third-order valence-electron chi connectivity index (χ3n) is 5.00. The lowest BCUT2D eigenvalue weighted by Crippen LogP contribution is -2.36. The lowest BCUT2D eigenvalue weighted by atomic mass is 10.3. The summed E-state index contributed by atoms with van der Waals surface area (Å²) in [6.45, 7) is 3.07. The average molecular weight is 443 g/mol. The van der Waals surface area contributed by atoms with Gasteiger partial charge >= 0.3 is 0 Å². The van der Waals surface area contributed by atoms with Gasteiger partial charge in [-0.25, -0.2) is 4.68 Å². The van der Waals surface area contributed by atoms with Crippen molar-refractivity contribution in [2.24, 2.45) is 0 Å². The molecule has 0 bridgehead atoms. The predicted molar refractivity (Wildman–Crippen MR) is 118 cm³/mol. The van der Waals surface area contributed by atoms with Crippen LogP contribution in [-0.2, 0) is 9.53 Å². The zero-order valence-corrected chi connectivity index (χ0v) is 18.0. The average Bonchev–Trinajstić information content (AvgIpc) is 3.38. The smallest absolute Gasteiger partial charge is 0.235 e. The van der Waals surface area contributed by atoms with Crippen LogP contribution in [0.25, 0.3) is 5.69 Å². The Morgan fingerprint density at radius 2 is 2.00 bits per heavy atom. The number of carbonyl (C=O) groups excluding carboxylic acids is 1. The van der Waals surface area contributed by atoms with Gasteiger partial charge < -0.3 is 15.0 Å². The second-order valence-corrected chi connectivity index (χ2v) is 9.44. The monoisotopic (exact) mass is 442 g/mol. The summed E-state index contributed by atoms with van der Waals surface area (Å²) >= 11 is 2.92. The van der Waals surface area contributed by atoms with Gasteiger partial charge in [0.25, 0.3) is 0 Å². The number of ether oxygens (including phenoxy) is 1. The van der Waals surface area contributed by atoms with E-state index in [-0.39, 0.29) is 11.7 Å². The summed E-state index contributed by atoms with van der Waals surface area (Å²) in [5.74, 6) is 1.42. The van der Waals surface area contributed by atoms with Gasteiger partial charge in [0.05, 0.1) is 30.3 Å². The van der Waals surface area contributed by atoms with Gasteiger partial charge in [0.2, 0.25) is 11.0 Å². The van der Waals surface area contributed by atoms with Gasteiger partial charge in [-0.3, -0.25) is 4.79 Å². The van der Waals surface area contributed by atoms with Gasteiger partial charge in [0.15, 0.2) is 4.34 Å². The number of nitrogens with zero attached hydrogens (tertiary/aromatic N) is 5. The van der Waals surface area contributed by atoms with Gasteiger partial charge in [0.1, 0.15) is 5.82 Å². The molecule has 1 N–H and O–H groups in total. The highest BCUT2D eigenvalue weighted by atomic mass is 32.2. The van der Waals surface area contributed by atoms with Crippen LogP contribution < -0.4 is 10.2 Å². The lowest BCUT2D eigenvalue weighted by molar-refractivity contribution is -0.113. The molecule has 1 aliphatic heterocycles. The van der Waals surface area contributed by atoms with Crippen molar-refractivity contribution in [3.63, 3.8) is 0 Å². The van der Waals surface area contributed by atoms with E-state index in [2.05, 4.69) is 20.4 Å². The highest BCUT2D eigenvalue weighted by Gasteiger charge is 2.28. The van der Waals surface area contributed by atoms with Crippen molar-refractivity contribution in [3.05, 3.63) is 42.1 Å². The van der Waals surface area contributed by atoms with Crippen LogP contribution in [0, 0.1) is 0 Å². The van der Waals surface area contributed by atoms with E-state index in [0.717, 1.165) is 46.8 Å². The number of thioether (sulfide) groups is 1. The molecule has 30 heavy (non-hydrogen) atoms. The predicted octanol–water partition coefficient (Wildman–Crippen LogP) is 3.17. The standard InChI is InChI=1S/C20H22N6O2S2/c27-18(13-29-20-23-22-19(30-20)25-8-10-28-11-9-25)21-17-12-16(14-6-7-14)24-26(17)15-4-2-1-3-5-15/h1-5,12,14H,6-11,13H2,(H,21,27). The molecular formula is C20H22N6O2S2. The Bertz CT molecular complexity index is 1010. The Hall–Kier alpha value is -2.43. The maximum Gasteiger partial charge on any atom is 0.235 e. The van der Waals surface area contributed by atoms with E-state index in [1.165, 1.54) is 23.1 Å². The molecule has 0 atom stereocenters. The van der Waals surface area contributed by atoms with E-state index >= 15 is 0 Å². The Balaban J connectivity index is 1.23. The van der Waals surface area contributed by atoms with Gasteiger partial charge in [-0.2, -0.15) is 5.10 Å². The molecule has 1 aliphatic carbocycles. The largest absolute Gasteiger partial charge is 0.378 e. The van der Waals surface area contributed by atoms with Crippen LogP contribution in [0.2, 0.25) is 0 Å². The number of benzene rings is 1. The SMILES string of the molecule is O=C(CSc1nnc(N2CCOCC2)s1)Nc1cc(C2CC2)nn1-c1ccccc1. The van der Waals surface area contributed by atoms with Crippen LogP contribution >= 0.6 is 23.1 Å². The van der Waals surface area contributed by atoms with Crippen LogP contribution in [-0.4, -0.2) is 57.9 Å². The summed E-state index contributed by atoms with van der Waals surface area (Å²) in [5, 5.41) is 17.1. The van der Waals surface area contributed by atoms with Crippen molar-refractivity contribution < 1.29 is 9.53 Å². The summed E-state index contributed by atoms with van der Waals surface area (Å²) in [4.78, 5) is 14.8.